The number of aromatic hydroxyl groups is 1. The number of hydrogen-bond donors (Lipinski definition) is 2. The molecule has 0 fully saturated rings. The van der Waals surface area contributed by atoms with Crippen molar-refractivity contribution < 1.29 is 5.11 Å². The highest BCUT2D eigenvalue weighted by atomic mass is 16.3. The van der Waals surface area contributed by atoms with E-state index in [1.165, 1.54) is 0 Å². The van der Waals surface area contributed by atoms with Crippen LogP contribution in [0.3, 0.4) is 0 Å². The molecule has 0 bridgehead atoms. The number of aromatic nitrogens is 3. The summed E-state index contributed by atoms with van der Waals surface area (Å²) < 4.78 is 2.00. The lowest BCUT2D eigenvalue weighted by Gasteiger charge is -2.16. The van der Waals surface area contributed by atoms with Crippen LogP contribution in [0, 0.1) is 0 Å². The summed E-state index contributed by atoms with van der Waals surface area (Å²) in [6, 6.07) is 7.19. The average molecular weight is 216 g/mol. The first-order chi connectivity index (χ1) is 7.86. The predicted octanol–water partition coefficient (Wildman–Crippen LogP) is 1.47. The van der Waals surface area contributed by atoms with Gasteiger partial charge in [0.25, 0.3) is 0 Å². The molecule has 1 aliphatic heterocycles. The van der Waals surface area contributed by atoms with Crippen molar-refractivity contribution in [2.24, 2.45) is 0 Å². The van der Waals surface area contributed by atoms with Crippen LogP contribution in [-0.4, -0.2) is 26.4 Å². The molecule has 1 aromatic heterocycles. The Hall–Kier alpha value is -2.04. The van der Waals surface area contributed by atoms with Gasteiger partial charge in [0.15, 0.2) is 5.82 Å². The fourth-order valence-electron chi connectivity index (χ4n) is 1.94. The van der Waals surface area contributed by atoms with Crippen molar-refractivity contribution >= 4 is 5.95 Å². The normalized spacial score (nSPS) is 14.2. The zero-order valence-corrected chi connectivity index (χ0v) is 8.72. The van der Waals surface area contributed by atoms with Crippen LogP contribution in [0.25, 0.3) is 11.4 Å². The zero-order valence-electron chi connectivity index (χ0n) is 8.72. The van der Waals surface area contributed by atoms with Crippen LogP contribution in [-0.2, 0) is 6.54 Å². The minimum atomic E-state index is 0.239. The Kier molecular flexibility index (Phi) is 2.02. The second-order valence-electron chi connectivity index (χ2n) is 3.80. The van der Waals surface area contributed by atoms with E-state index in [0.29, 0.717) is 0 Å². The van der Waals surface area contributed by atoms with Crippen LogP contribution in [0.2, 0.25) is 0 Å². The molecule has 16 heavy (non-hydrogen) atoms. The molecule has 0 saturated heterocycles. The monoisotopic (exact) mass is 216 g/mol. The number of rotatable bonds is 1. The lowest BCUT2D eigenvalue weighted by molar-refractivity contribution is 0.476. The molecule has 0 aliphatic carbocycles. The van der Waals surface area contributed by atoms with Crippen molar-refractivity contribution in [2.75, 3.05) is 11.9 Å². The van der Waals surface area contributed by atoms with Gasteiger partial charge in [-0.15, -0.1) is 10.2 Å². The topological polar surface area (TPSA) is 63.0 Å². The van der Waals surface area contributed by atoms with Crippen LogP contribution in [0.4, 0.5) is 5.95 Å². The highest BCUT2D eigenvalue weighted by molar-refractivity contribution is 5.65. The second-order valence-corrected chi connectivity index (χ2v) is 3.80. The van der Waals surface area contributed by atoms with Gasteiger partial charge in [-0.2, -0.15) is 0 Å². The zero-order chi connectivity index (χ0) is 11.0. The summed E-state index contributed by atoms with van der Waals surface area (Å²) in [7, 11) is 0. The van der Waals surface area contributed by atoms with Gasteiger partial charge in [-0.1, -0.05) is 12.1 Å². The Bertz CT molecular complexity index is 520. The summed E-state index contributed by atoms with van der Waals surface area (Å²) >= 11 is 0. The third-order valence-corrected chi connectivity index (χ3v) is 2.74. The van der Waals surface area contributed by atoms with E-state index in [2.05, 4.69) is 15.5 Å². The molecule has 0 amide bonds. The molecule has 1 aliphatic rings. The van der Waals surface area contributed by atoms with E-state index in [4.69, 9.17) is 0 Å². The minimum absolute atomic E-state index is 0.239. The van der Waals surface area contributed by atoms with Crippen molar-refractivity contribution in [3.05, 3.63) is 24.3 Å². The van der Waals surface area contributed by atoms with E-state index < -0.39 is 0 Å². The van der Waals surface area contributed by atoms with Crippen LogP contribution in [0.5, 0.6) is 5.75 Å². The molecule has 0 atom stereocenters. The Labute approximate surface area is 92.7 Å². The molecule has 2 heterocycles. The Morgan fingerprint density at radius 1 is 1.25 bits per heavy atom. The first-order valence-electron chi connectivity index (χ1n) is 5.32. The fraction of sp³-hybridized carbons (Fsp3) is 0.273. The summed E-state index contributed by atoms with van der Waals surface area (Å²) in [5, 5.41) is 21.1. The Balaban J connectivity index is 2.13. The van der Waals surface area contributed by atoms with Crippen LogP contribution in [0.1, 0.15) is 6.42 Å². The molecular weight excluding hydrogens is 204 g/mol. The van der Waals surface area contributed by atoms with Crippen molar-refractivity contribution in [1.29, 1.82) is 0 Å². The molecule has 0 unspecified atom stereocenters. The maximum atomic E-state index is 9.78. The number of phenolic OH excluding ortho intramolecular Hbond substituents is 1. The number of nitrogens with one attached hydrogen (secondary N) is 1. The van der Waals surface area contributed by atoms with Crippen molar-refractivity contribution in [1.82, 2.24) is 14.8 Å². The first kappa shape index (κ1) is 9.21. The van der Waals surface area contributed by atoms with Crippen LogP contribution >= 0.6 is 0 Å². The third kappa shape index (κ3) is 1.32. The first-order valence-corrected chi connectivity index (χ1v) is 5.32. The maximum absolute atomic E-state index is 9.78. The van der Waals surface area contributed by atoms with E-state index in [9.17, 15) is 5.11 Å². The molecule has 2 N–H and O–H groups in total. The van der Waals surface area contributed by atoms with Gasteiger partial charge < -0.3 is 10.4 Å². The van der Waals surface area contributed by atoms with Crippen molar-refractivity contribution in [3.8, 4) is 17.1 Å². The Morgan fingerprint density at radius 2 is 2.12 bits per heavy atom. The SMILES string of the molecule is Oc1ccccc1-c1nnc2n1CCCN2. The highest BCUT2D eigenvalue weighted by Gasteiger charge is 2.18. The molecule has 82 valence electrons. The fourth-order valence-corrected chi connectivity index (χ4v) is 1.94. The molecule has 0 spiro atoms. The van der Waals surface area contributed by atoms with Gasteiger partial charge in [0, 0.05) is 13.1 Å². The average Bonchev–Trinajstić information content (AvgIpc) is 2.74. The molecule has 0 saturated carbocycles. The lowest BCUT2D eigenvalue weighted by atomic mass is 10.2. The smallest absolute Gasteiger partial charge is 0.224 e. The van der Waals surface area contributed by atoms with E-state index in [1.807, 2.05) is 16.7 Å². The van der Waals surface area contributed by atoms with Gasteiger partial charge >= 0.3 is 0 Å². The Morgan fingerprint density at radius 3 is 3.00 bits per heavy atom. The standard InChI is InChI=1S/C11H12N4O/c16-9-5-2-1-4-8(9)10-13-14-11-12-6-3-7-15(10)11/h1-2,4-5,16H,3,6-7H2,(H,12,14). The molecule has 0 radical (unpaired) electrons. The van der Waals surface area contributed by atoms with Gasteiger partial charge in [0.05, 0.1) is 5.56 Å². The van der Waals surface area contributed by atoms with Gasteiger partial charge in [0.1, 0.15) is 5.75 Å². The van der Waals surface area contributed by atoms with E-state index in [-0.39, 0.29) is 5.75 Å². The number of anilines is 1. The number of fused-ring (bicyclic) bond motifs is 1. The maximum Gasteiger partial charge on any atom is 0.224 e. The second kappa shape index (κ2) is 3.52. The highest BCUT2D eigenvalue weighted by Crippen LogP contribution is 2.29. The number of nitrogens with zero attached hydrogens (tertiary/aromatic N) is 3. The third-order valence-electron chi connectivity index (χ3n) is 2.74. The lowest BCUT2D eigenvalue weighted by Crippen LogP contribution is -2.17. The predicted molar refractivity (Wildman–Crippen MR) is 60.2 cm³/mol. The molecule has 3 rings (SSSR count). The van der Waals surface area contributed by atoms with Crippen LogP contribution < -0.4 is 5.32 Å². The molecule has 2 aromatic rings. The minimum Gasteiger partial charge on any atom is -0.507 e. The molecule has 5 heteroatoms. The quantitative estimate of drug-likeness (QED) is 0.757. The van der Waals surface area contributed by atoms with E-state index in [0.717, 1.165) is 36.8 Å². The van der Waals surface area contributed by atoms with Gasteiger partial charge in [0.2, 0.25) is 5.95 Å². The van der Waals surface area contributed by atoms with E-state index >= 15 is 0 Å². The summed E-state index contributed by atoms with van der Waals surface area (Å²) in [5.41, 5.74) is 0.727. The number of para-hydroxylation sites is 1. The number of hydrogen-bond acceptors (Lipinski definition) is 4. The number of phenols is 1. The van der Waals surface area contributed by atoms with Crippen molar-refractivity contribution in [2.45, 2.75) is 13.0 Å². The molecular formula is C11H12N4O. The molecule has 1 aromatic carbocycles. The van der Waals surface area contributed by atoms with Crippen molar-refractivity contribution in [3.63, 3.8) is 0 Å². The van der Waals surface area contributed by atoms with Gasteiger partial charge in [-0.3, -0.25) is 4.57 Å². The number of benzene rings is 1. The van der Waals surface area contributed by atoms with E-state index in [1.54, 1.807) is 12.1 Å². The largest absolute Gasteiger partial charge is 0.507 e. The summed E-state index contributed by atoms with van der Waals surface area (Å²) in [6.07, 6.45) is 1.05. The molecule has 5 nitrogen and oxygen atoms in total. The summed E-state index contributed by atoms with van der Waals surface area (Å²) in [4.78, 5) is 0. The summed E-state index contributed by atoms with van der Waals surface area (Å²) in [6.45, 7) is 1.82. The van der Waals surface area contributed by atoms with Crippen LogP contribution in [0.15, 0.2) is 24.3 Å². The summed E-state index contributed by atoms with van der Waals surface area (Å²) in [5.74, 6) is 1.74. The van der Waals surface area contributed by atoms with Gasteiger partial charge in [-0.05, 0) is 18.6 Å². The van der Waals surface area contributed by atoms with Gasteiger partial charge in [-0.25, -0.2) is 0 Å².